The molecule has 1 N–H and O–H groups in total. The highest BCUT2D eigenvalue weighted by atomic mass is 16.6. The van der Waals surface area contributed by atoms with E-state index in [-0.39, 0.29) is 5.69 Å². The number of nitrogens with zero attached hydrogens (tertiary/aromatic N) is 4. The molecule has 2 radical (unpaired) electrons. The second kappa shape index (κ2) is 7.55. The highest BCUT2D eigenvalue weighted by Crippen LogP contribution is 2.30. The molecule has 8 nitrogen and oxygen atoms in total. The Kier molecular flexibility index (Phi) is 4.78. The molecule has 4 aromatic rings. The standard InChI is InChI=1S/C20H14BN5O3/c1-12-8-13(2-6-18(12)29-15-4-7-19(21)22-10-15)25-20-16-9-14(26(27)28)3-5-17(16)23-11-24-20/h2-11H,1H3,(H,23,24,25). The topological polar surface area (TPSA) is 103 Å². The van der Waals surface area contributed by atoms with Crippen molar-refractivity contribution >= 4 is 41.5 Å². The average molecular weight is 383 g/mol. The lowest BCUT2D eigenvalue weighted by Crippen LogP contribution is -2.05. The van der Waals surface area contributed by atoms with Crippen LogP contribution in [-0.2, 0) is 0 Å². The Hall–Kier alpha value is -4.01. The zero-order valence-electron chi connectivity index (χ0n) is 15.4. The summed E-state index contributed by atoms with van der Waals surface area (Å²) in [4.78, 5) is 23.0. The van der Waals surface area contributed by atoms with Crippen molar-refractivity contribution < 1.29 is 9.66 Å². The predicted molar refractivity (Wildman–Crippen MR) is 110 cm³/mol. The van der Waals surface area contributed by atoms with E-state index in [1.54, 1.807) is 24.4 Å². The summed E-state index contributed by atoms with van der Waals surface area (Å²) in [6.45, 7) is 1.91. The van der Waals surface area contributed by atoms with E-state index in [4.69, 9.17) is 12.6 Å². The van der Waals surface area contributed by atoms with Crippen molar-refractivity contribution in [3.05, 3.63) is 76.7 Å². The van der Waals surface area contributed by atoms with Crippen molar-refractivity contribution in [2.45, 2.75) is 6.92 Å². The number of nitro groups is 1. The number of hydrogen-bond donors (Lipinski definition) is 1. The van der Waals surface area contributed by atoms with Gasteiger partial charge < -0.3 is 10.1 Å². The molecule has 2 aromatic heterocycles. The Morgan fingerprint density at radius 1 is 1.07 bits per heavy atom. The van der Waals surface area contributed by atoms with E-state index in [1.165, 1.54) is 18.5 Å². The third-order valence-corrected chi connectivity index (χ3v) is 4.25. The Morgan fingerprint density at radius 2 is 1.93 bits per heavy atom. The minimum Gasteiger partial charge on any atom is -0.455 e. The molecule has 0 unspecified atom stereocenters. The first-order valence-electron chi connectivity index (χ1n) is 8.66. The molecule has 0 bridgehead atoms. The second-order valence-corrected chi connectivity index (χ2v) is 6.31. The monoisotopic (exact) mass is 383 g/mol. The number of aromatic nitrogens is 3. The van der Waals surface area contributed by atoms with Gasteiger partial charge >= 0.3 is 0 Å². The van der Waals surface area contributed by atoms with Gasteiger partial charge in [0.2, 0.25) is 0 Å². The Balaban J connectivity index is 1.61. The zero-order valence-corrected chi connectivity index (χ0v) is 15.4. The highest BCUT2D eigenvalue weighted by molar-refractivity contribution is 6.30. The van der Waals surface area contributed by atoms with Crippen LogP contribution >= 0.6 is 0 Å². The number of aryl methyl sites for hydroxylation is 1. The lowest BCUT2D eigenvalue weighted by molar-refractivity contribution is -0.384. The van der Waals surface area contributed by atoms with Crippen LogP contribution < -0.4 is 15.6 Å². The van der Waals surface area contributed by atoms with Crippen LogP contribution in [0.5, 0.6) is 11.5 Å². The van der Waals surface area contributed by atoms with Crippen molar-refractivity contribution in [1.82, 2.24) is 15.0 Å². The third kappa shape index (κ3) is 3.98. The lowest BCUT2D eigenvalue weighted by atomic mass is 10.0. The molecule has 2 aromatic carbocycles. The molecule has 29 heavy (non-hydrogen) atoms. The first kappa shape index (κ1) is 18.4. The number of nitro benzene ring substituents is 1. The van der Waals surface area contributed by atoms with Crippen LogP contribution in [-0.4, -0.2) is 27.7 Å². The molecule has 0 aliphatic heterocycles. The van der Waals surface area contributed by atoms with Gasteiger partial charge in [0, 0.05) is 23.2 Å². The molecule has 0 spiro atoms. The smallest absolute Gasteiger partial charge is 0.270 e. The summed E-state index contributed by atoms with van der Waals surface area (Å²) in [6.07, 6.45) is 2.97. The largest absolute Gasteiger partial charge is 0.455 e. The summed E-state index contributed by atoms with van der Waals surface area (Å²) in [5, 5.41) is 14.8. The maximum atomic E-state index is 11.1. The SMILES string of the molecule is [B]c1ccc(Oc2ccc(Nc3ncnc4ccc([N+](=O)[O-])cc34)cc2C)cn1. The summed E-state index contributed by atoms with van der Waals surface area (Å²) >= 11 is 0. The van der Waals surface area contributed by atoms with Crippen LogP contribution in [0, 0.1) is 17.0 Å². The van der Waals surface area contributed by atoms with E-state index in [0.717, 1.165) is 11.3 Å². The quantitative estimate of drug-likeness (QED) is 0.319. The number of fused-ring (bicyclic) bond motifs is 1. The summed E-state index contributed by atoms with van der Waals surface area (Å²) in [5.74, 6) is 1.73. The Labute approximate surface area is 167 Å². The molecule has 9 heteroatoms. The van der Waals surface area contributed by atoms with E-state index >= 15 is 0 Å². The fraction of sp³-hybridized carbons (Fsp3) is 0.0500. The lowest BCUT2D eigenvalue weighted by Gasteiger charge is -2.12. The minimum atomic E-state index is -0.446. The molecule has 4 rings (SSSR count). The van der Waals surface area contributed by atoms with Gasteiger partial charge in [-0.25, -0.2) is 9.97 Å². The van der Waals surface area contributed by atoms with Gasteiger partial charge in [-0.3, -0.25) is 15.1 Å². The summed E-state index contributed by atoms with van der Waals surface area (Å²) in [6, 6.07) is 13.4. The van der Waals surface area contributed by atoms with Gasteiger partial charge in [-0.05, 0) is 54.5 Å². The van der Waals surface area contributed by atoms with E-state index in [9.17, 15) is 10.1 Å². The fourth-order valence-electron chi connectivity index (χ4n) is 2.82. The van der Waals surface area contributed by atoms with Gasteiger partial charge in [0.15, 0.2) is 0 Å². The number of pyridine rings is 1. The first-order chi connectivity index (χ1) is 14.0. The maximum Gasteiger partial charge on any atom is 0.270 e. The van der Waals surface area contributed by atoms with E-state index in [1.807, 2.05) is 25.1 Å². The predicted octanol–water partition coefficient (Wildman–Crippen LogP) is 3.57. The number of anilines is 2. The number of ether oxygens (including phenoxy) is 1. The second-order valence-electron chi connectivity index (χ2n) is 6.31. The van der Waals surface area contributed by atoms with Crippen LogP contribution in [0.4, 0.5) is 17.2 Å². The number of rotatable bonds is 5. The number of hydrogen-bond acceptors (Lipinski definition) is 7. The molecule has 0 atom stereocenters. The van der Waals surface area contributed by atoms with Gasteiger partial charge in [-0.1, -0.05) is 0 Å². The van der Waals surface area contributed by atoms with Crippen molar-refractivity contribution in [2.24, 2.45) is 0 Å². The van der Waals surface area contributed by atoms with E-state index in [0.29, 0.717) is 33.8 Å². The minimum absolute atomic E-state index is 0.0209. The third-order valence-electron chi connectivity index (χ3n) is 4.25. The van der Waals surface area contributed by atoms with Gasteiger partial charge in [-0.2, -0.15) is 0 Å². The van der Waals surface area contributed by atoms with Gasteiger partial charge in [-0.15, -0.1) is 0 Å². The average Bonchev–Trinajstić information content (AvgIpc) is 2.71. The van der Waals surface area contributed by atoms with Crippen molar-refractivity contribution in [1.29, 1.82) is 0 Å². The van der Waals surface area contributed by atoms with Crippen molar-refractivity contribution in [2.75, 3.05) is 5.32 Å². The van der Waals surface area contributed by atoms with Gasteiger partial charge in [0.1, 0.15) is 31.5 Å². The molecule has 0 aliphatic rings. The van der Waals surface area contributed by atoms with Crippen LogP contribution in [0.15, 0.2) is 61.1 Å². The van der Waals surface area contributed by atoms with E-state index < -0.39 is 4.92 Å². The van der Waals surface area contributed by atoms with Gasteiger partial charge in [0.25, 0.3) is 5.69 Å². The summed E-state index contributed by atoms with van der Waals surface area (Å²) in [5.41, 5.74) is 2.66. The van der Waals surface area contributed by atoms with Crippen molar-refractivity contribution in [3.63, 3.8) is 0 Å². The van der Waals surface area contributed by atoms with Crippen LogP contribution in [0.1, 0.15) is 5.56 Å². The van der Waals surface area contributed by atoms with Crippen LogP contribution in [0.25, 0.3) is 10.9 Å². The van der Waals surface area contributed by atoms with E-state index in [2.05, 4.69) is 20.3 Å². The Bertz CT molecular complexity index is 1210. The first-order valence-corrected chi connectivity index (χ1v) is 8.66. The Morgan fingerprint density at radius 3 is 2.66 bits per heavy atom. The molecule has 0 fully saturated rings. The molecular formula is C20H14BN5O3. The normalized spacial score (nSPS) is 10.7. The molecule has 0 saturated heterocycles. The molecule has 2 heterocycles. The van der Waals surface area contributed by atoms with Crippen molar-refractivity contribution in [3.8, 4) is 11.5 Å². The van der Waals surface area contributed by atoms with Crippen LogP contribution in [0.3, 0.4) is 0 Å². The van der Waals surface area contributed by atoms with Crippen LogP contribution in [0.2, 0.25) is 0 Å². The maximum absolute atomic E-state index is 11.1. The number of nitrogens with one attached hydrogen (secondary N) is 1. The molecule has 140 valence electrons. The number of non-ortho nitro benzene ring substituents is 1. The summed E-state index contributed by atoms with van der Waals surface area (Å²) in [7, 11) is 5.59. The van der Waals surface area contributed by atoms with Gasteiger partial charge in [0.05, 0.1) is 16.6 Å². The molecule has 0 saturated carbocycles. The molecular weight excluding hydrogens is 369 g/mol. The fourth-order valence-corrected chi connectivity index (χ4v) is 2.82. The highest BCUT2D eigenvalue weighted by Gasteiger charge is 2.11. The summed E-state index contributed by atoms with van der Waals surface area (Å²) < 4.78 is 5.84. The number of benzene rings is 2. The zero-order chi connectivity index (χ0) is 20.4. The molecule has 0 aliphatic carbocycles. The molecule has 0 amide bonds.